The monoisotopic (exact) mass is 133 g/mol. The fraction of sp³-hybridized carbons (Fsp3) is 1.00. The van der Waals surface area contributed by atoms with Crippen molar-refractivity contribution in [1.82, 2.24) is 5.32 Å². The Labute approximate surface area is 57.3 Å². The van der Waals surface area contributed by atoms with E-state index in [1.165, 1.54) is 0 Å². The lowest BCUT2D eigenvalue weighted by atomic mass is 10.3. The van der Waals surface area contributed by atoms with Gasteiger partial charge in [0.25, 0.3) is 0 Å². The number of hydrogen-bond donors (Lipinski definition) is 2. The molecule has 0 unspecified atom stereocenters. The first kappa shape index (κ1) is 8.31. The summed E-state index contributed by atoms with van der Waals surface area (Å²) in [7, 11) is 0. The highest BCUT2D eigenvalue weighted by Crippen LogP contribution is 2.06. The molecule has 2 heteroatoms. The number of nitrogens with one attached hydrogen (secondary N) is 1. The minimum absolute atomic E-state index is 0.0336. The van der Waals surface area contributed by atoms with Gasteiger partial charge in [0, 0.05) is 6.04 Å². The summed E-state index contributed by atoms with van der Waals surface area (Å²) in [5.74, 6) is 0. The normalized spacial score (nSPS) is 12.8. The molecule has 0 atom stereocenters. The Morgan fingerprint density at radius 3 is 1.75 bits per heavy atom. The van der Waals surface area contributed by atoms with Crippen LogP contribution in [0.5, 0.6) is 0 Å². The van der Waals surface area contributed by atoms with Gasteiger partial charge < -0.3 is 5.32 Å². The first-order valence-electron chi connectivity index (χ1n) is 2.92. The zero-order valence-corrected chi connectivity index (χ0v) is 6.92. The minimum Gasteiger partial charge on any atom is -0.301 e. The molecule has 0 amide bonds. The summed E-state index contributed by atoms with van der Waals surface area (Å²) in [6, 6.07) is 0.516. The Morgan fingerprint density at radius 2 is 1.75 bits per heavy atom. The Morgan fingerprint density at radius 1 is 1.38 bits per heavy atom. The molecule has 0 aromatic carbocycles. The Balaban J connectivity index is 3.39. The Kier molecular flexibility index (Phi) is 2.84. The molecule has 0 aliphatic heterocycles. The van der Waals surface area contributed by atoms with Crippen LogP contribution in [-0.4, -0.2) is 10.9 Å². The van der Waals surface area contributed by atoms with Gasteiger partial charge in [-0.25, -0.2) is 0 Å². The SMILES string of the molecule is CC(C)NC(C)(C)S. The maximum atomic E-state index is 4.28. The maximum absolute atomic E-state index is 4.28. The Bertz CT molecular complexity index is 63.4. The van der Waals surface area contributed by atoms with E-state index in [9.17, 15) is 0 Å². The first-order valence-corrected chi connectivity index (χ1v) is 3.36. The fourth-order valence-electron chi connectivity index (χ4n) is 0.706. The molecule has 50 valence electrons. The van der Waals surface area contributed by atoms with Crippen molar-refractivity contribution in [2.24, 2.45) is 0 Å². The fourth-order valence-corrected chi connectivity index (χ4v) is 0.965. The van der Waals surface area contributed by atoms with E-state index in [1.807, 2.05) is 13.8 Å². The maximum Gasteiger partial charge on any atom is 0.0560 e. The van der Waals surface area contributed by atoms with Crippen LogP contribution in [0.4, 0.5) is 0 Å². The third kappa shape index (κ3) is 6.31. The molecule has 0 heterocycles. The topological polar surface area (TPSA) is 12.0 Å². The van der Waals surface area contributed by atoms with Crippen LogP contribution in [0.2, 0.25) is 0 Å². The van der Waals surface area contributed by atoms with Crippen molar-refractivity contribution >= 4 is 12.6 Å². The van der Waals surface area contributed by atoms with Crippen molar-refractivity contribution in [1.29, 1.82) is 0 Å². The molecule has 0 bridgehead atoms. The van der Waals surface area contributed by atoms with Gasteiger partial charge in [-0.3, -0.25) is 0 Å². The van der Waals surface area contributed by atoms with Gasteiger partial charge in [-0.1, -0.05) is 0 Å². The first-order chi connectivity index (χ1) is 3.42. The van der Waals surface area contributed by atoms with Crippen LogP contribution in [0, 0.1) is 0 Å². The van der Waals surface area contributed by atoms with Gasteiger partial charge in [0.1, 0.15) is 0 Å². The van der Waals surface area contributed by atoms with Crippen LogP contribution in [0.1, 0.15) is 27.7 Å². The molecular formula is C6H15NS. The van der Waals surface area contributed by atoms with Crippen molar-refractivity contribution < 1.29 is 0 Å². The minimum atomic E-state index is -0.0336. The van der Waals surface area contributed by atoms with E-state index >= 15 is 0 Å². The lowest BCUT2D eigenvalue weighted by Crippen LogP contribution is -2.38. The van der Waals surface area contributed by atoms with Crippen LogP contribution in [0.15, 0.2) is 0 Å². The summed E-state index contributed by atoms with van der Waals surface area (Å²) in [6.07, 6.45) is 0. The highest BCUT2D eigenvalue weighted by molar-refractivity contribution is 7.81. The molecule has 0 radical (unpaired) electrons. The Hall–Kier alpha value is 0.310. The van der Waals surface area contributed by atoms with E-state index in [-0.39, 0.29) is 4.87 Å². The molecule has 0 aromatic rings. The van der Waals surface area contributed by atoms with Crippen molar-refractivity contribution in [2.75, 3.05) is 0 Å². The summed E-state index contributed by atoms with van der Waals surface area (Å²) < 4.78 is 0. The standard InChI is InChI=1S/C6H15NS/c1-5(2)7-6(3,4)8/h5,7-8H,1-4H3. The van der Waals surface area contributed by atoms with Crippen LogP contribution < -0.4 is 5.32 Å². The van der Waals surface area contributed by atoms with Gasteiger partial charge in [0.15, 0.2) is 0 Å². The average Bonchev–Trinajstić information content (AvgIpc) is 1.21. The van der Waals surface area contributed by atoms with Crippen molar-refractivity contribution in [3.63, 3.8) is 0 Å². The second-order valence-electron chi connectivity index (χ2n) is 2.86. The summed E-state index contributed by atoms with van der Waals surface area (Å²) >= 11 is 4.28. The van der Waals surface area contributed by atoms with Crippen molar-refractivity contribution in [2.45, 2.75) is 38.6 Å². The van der Waals surface area contributed by atoms with Crippen molar-refractivity contribution in [3.8, 4) is 0 Å². The van der Waals surface area contributed by atoms with Gasteiger partial charge in [0.05, 0.1) is 4.87 Å². The van der Waals surface area contributed by atoms with Crippen molar-refractivity contribution in [3.05, 3.63) is 0 Å². The second-order valence-corrected chi connectivity index (χ2v) is 3.98. The zero-order valence-electron chi connectivity index (χ0n) is 6.02. The molecule has 0 aromatic heterocycles. The van der Waals surface area contributed by atoms with E-state index in [0.29, 0.717) is 6.04 Å². The third-order valence-electron chi connectivity index (χ3n) is 0.642. The summed E-state index contributed by atoms with van der Waals surface area (Å²) in [5, 5.41) is 3.25. The summed E-state index contributed by atoms with van der Waals surface area (Å²) in [4.78, 5) is -0.0336. The van der Waals surface area contributed by atoms with Gasteiger partial charge in [-0.2, -0.15) is 12.6 Å². The summed E-state index contributed by atoms with van der Waals surface area (Å²) in [5.41, 5.74) is 0. The van der Waals surface area contributed by atoms with Gasteiger partial charge in [-0.15, -0.1) is 0 Å². The molecule has 0 spiro atoms. The lowest BCUT2D eigenvalue weighted by molar-refractivity contribution is 0.484. The van der Waals surface area contributed by atoms with Crippen LogP contribution >= 0.6 is 12.6 Å². The number of thiol groups is 1. The average molecular weight is 133 g/mol. The predicted molar refractivity (Wildman–Crippen MR) is 41.3 cm³/mol. The molecule has 0 saturated carbocycles. The van der Waals surface area contributed by atoms with Gasteiger partial charge in [-0.05, 0) is 27.7 Å². The molecule has 1 nitrogen and oxygen atoms in total. The van der Waals surface area contributed by atoms with Gasteiger partial charge in [0.2, 0.25) is 0 Å². The van der Waals surface area contributed by atoms with E-state index < -0.39 is 0 Å². The molecular weight excluding hydrogens is 118 g/mol. The van der Waals surface area contributed by atoms with E-state index in [4.69, 9.17) is 0 Å². The molecule has 0 saturated heterocycles. The highest BCUT2D eigenvalue weighted by Gasteiger charge is 2.10. The highest BCUT2D eigenvalue weighted by atomic mass is 32.1. The van der Waals surface area contributed by atoms with E-state index in [1.54, 1.807) is 0 Å². The molecule has 0 aliphatic rings. The van der Waals surface area contributed by atoms with Crippen LogP contribution in [0.25, 0.3) is 0 Å². The van der Waals surface area contributed by atoms with E-state index in [0.717, 1.165) is 0 Å². The molecule has 0 aliphatic carbocycles. The van der Waals surface area contributed by atoms with E-state index in [2.05, 4.69) is 31.8 Å². The zero-order chi connectivity index (χ0) is 6.78. The second kappa shape index (κ2) is 2.74. The van der Waals surface area contributed by atoms with Crippen LogP contribution in [-0.2, 0) is 0 Å². The largest absolute Gasteiger partial charge is 0.301 e. The third-order valence-corrected chi connectivity index (χ3v) is 0.771. The quantitative estimate of drug-likeness (QED) is 0.431. The molecule has 0 rings (SSSR count). The molecule has 8 heavy (non-hydrogen) atoms. The lowest BCUT2D eigenvalue weighted by Gasteiger charge is -2.22. The van der Waals surface area contributed by atoms with Gasteiger partial charge >= 0.3 is 0 Å². The summed E-state index contributed by atoms with van der Waals surface area (Å²) in [6.45, 7) is 8.29. The molecule has 0 fully saturated rings. The smallest absolute Gasteiger partial charge is 0.0560 e. The number of hydrogen-bond acceptors (Lipinski definition) is 2. The van der Waals surface area contributed by atoms with Crippen LogP contribution in [0.3, 0.4) is 0 Å². The molecule has 1 N–H and O–H groups in total. The number of rotatable bonds is 2. The predicted octanol–water partition coefficient (Wildman–Crippen LogP) is 1.65.